The lowest BCUT2D eigenvalue weighted by Gasteiger charge is -2.25. The van der Waals surface area contributed by atoms with Gasteiger partial charge in [-0.3, -0.25) is 0 Å². The average Bonchev–Trinajstić information content (AvgIpc) is 2.57. The van der Waals surface area contributed by atoms with Gasteiger partial charge in [0.05, 0.1) is 12.8 Å². The zero-order chi connectivity index (χ0) is 17.0. The maximum Gasteiger partial charge on any atom is 0.338 e. The van der Waals surface area contributed by atoms with Gasteiger partial charge in [0.1, 0.15) is 5.75 Å². The summed E-state index contributed by atoms with van der Waals surface area (Å²) < 4.78 is 11.2. The molecule has 0 heterocycles. The van der Waals surface area contributed by atoms with Crippen LogP contribution in [-0.4, -0.2) is 26.2 Å². The van der Waals surface area contributed by atoms with Crippen LogP contribution in [0.4, 0.5) is 5.69 Å². The zero-order valence-corrected chi connectivity index (χ0v) is 14.2. The van der Waals surface area contributed by atoms with Gasteiger partial charge >= 0.3 is 5.97 Å². The molecule has 23 heavy (non-hydrogen) atoms. The second-order valence-electron chi connectivity index (χ2n) is 5.31. The Morgan fingerprint density at radius 3 is 2.30 bits per heavy atom. The summed E-state index contributed by atoms with van der Waals surface area (Å²) >= 11 is 0. The van der Waals surface area contributed by atoms with Crippen molar-refractivity contribution in [3.63, 3.8) is 0 Å². The molecular weight excluding hydrogens is 290 g/mol. The SMILES string of the molecule is C=C(C)C(=O)Oc1c(N(CC)CC)cc(OC)c2ccccc12. The van der Waals surface area contributed by atoms with Crippen LogP contribution in [0.2, 0.25) is 0 Å². The molecule has 4 heteroatoms. The van der Waals surface area contributed by atoms with E-state index in [9.17, 15) is 4.79 Å². The maximum atomic E-state index is 12.1. The van der Waals surface area contributed by atoms with E-state index < -0.39 is 5.97 Å². The zero-order valence-electron chi connectivity index (χ0n) is 14.2. The predicted octanol–water partition coefficient (Wildman–Crippen LogP) is 4.18. The smallest absolute Gasteiger partial charge is 0.338 e. The summed E-state index contributed by atoms with van der Waals surface area (Å²) in [5.41, 5.74) is 1.22. The molecule has 0 fully saturated rings. The van der Waals surface area contributed by atoms with Crippen LogP contribution in [0, 0.1) is 0 Å². The number of anilines is 1. The Balaban J connectivity index is 2.74. The number of methoxy groups -OCH3 is 1. The Morgan fingerprint density at radius 2 is 1.78 bits per heavy atom. The lowest BCUT2D eigenvalue weighted by Crippen LogP contribution is -2.23. The highest BCUT2D eigenvalue weighted by Crippen LogP contribution is 2.42. The molecule has 4 nitrogen and oxygen atoms in total. The summed E-state index contributed by atoms with van der Waals surface area (Å²) in [4.78, 5) is 14.2. The monoisotopic (exact) mass is 313 g/mol. The number of esters is 1. The summed E-state index contributed by atoms with van der Waals surface area (Å²) in [5, 5.41) is 1.76. The lowest BCUT2D eigenvalue weighted by molar-refractivity contribution is -0.129. The second kappa shape index (κ2) is 7.18. The predicted molar refractivity (Wildman–Crippen MR) is 94.5 cm³/mol. The summed E-state index contributed by atoms with van der Waals surface area (Å²) in [7, 11) is 1.65. The molecule has 2 aromatic carbocycles. The first-order valence-corrected chi connectivity index (χ1v) is 7.75. The van der Waals surface area contributed by atoms with Crippen molar-refractivity contribution in [1.29, 1.82) is 0 Å². The summed E-state index contributed by atoms with van der Waals surface area (Å²) in [6.45, 7) is 11.0. The molecule has 0 aliphatic carbocycles. The van der Waals surface area contributed by atoms with Gasteiger partial charge in [-0.1, -0.05) is 30.8 Å². The van der Waals surface area contributed by atoms with E-state index in [1.54, 1.807) is 14.0 Å². The molecule has 0 aromatic heterocycles. The lowest BCUT2D eigenvalue weighted by atomic mass is 10.1. The first-order valence-electron chi connectivity index (χ1n) is 7.75. The van der Waals surface area contributed by atoms with Crippen LogP contribution < -0.4 is 14.4 Å². The van der Waals surface area contributed by atoms with Crippen molar-refractivity contribution >= 4 is 22.4 Å². The third-order valence-corrected chi connectivity index (χ3v) is 3.80. The van der Waals surface area contributed by atoms with E-state index in [1.807, 2.05) is 30.3 Å². The van der Waals surface area contributed by atoms with E-state index >= 15 is 0 Å². The van der Waals surface area contributed by atoms with E-state index in [1.165, 1.54) is 0 Å². The molecule has 0 aliphatic rings. The van der Waals surface area contributed by atoms with E-state index in [-0.39, 0.29) is 0 Å². The highest BCUT2D eigenvalue weighted by Gasteiger charge is 2.20. The summed E-state index contributed by atoms with van der Waals surface area (Å²) in [6, 6.07) is 9.68. The molecule has 0 atom stereocenters. The van der Waals surface area contributed by atoms with Crippen LogP contribution in [0.1, 0.15) is 20.8 Å². The van der Waals surface area contributed by atoms with Gasteiger partial charge in [0.25, 0.3) is 0 Å². The van der Waals surface area contributed by atoms with Gasteiger partial charge < -0.3 is 14.4 Å². The number of ether oxygens (including phenoxy) is 2. The molecule has 0 saturated carbocycles. The number of fused-ring (bicyclic) bond motifs is 1. The molecule has 2 aromatic rings. The molecule has 0 N–H and O–H groups in total. The van der Waals surface area contributed by atoms with Crippen molar-refractivity contribution in [2.45, 2.75) is 20.8 Å². The Hall–Kier alpha value is -2.49. The van der Waals surface area contributed by atoms with Gasteiger partial charge in [-0.15, -0.1) is 0 Å². The molecule has 0 amide bonds. The fourth-order valence-corrected chi connectivity index (χ4v) is 2.56. The van der Waals surface area contributed by atoms with Crippen molar-refractivity contribution in [2.75, 3.05) is 25.1 Å². The van der Waals surface area contributed by atoms with Gasteiger partial charge in [0.2, 0.25) is 0 Å². The molecule has 0 bridgehead atoms. The fourth-order valence-electron chi connectivity index (χ4n) is 2.56. The van der Waals surface area contributed by atoms with Gasteiger partial charge in [-0.05, 0) is 20.8 Å². The van der Waals surface area contributed by atoms with Crippen molar-refractivity contribution < 1.29 is 14.3 Å². The summed E-state index contributed by atoms with van der Waals surface area (Å²) in [5.74, 6) is 0.893. The van der Waals surface area contributed by atoms with Crippen molar-refractivity contribution in [2.24, 2.45) is 0 Å². The van der Waals surface area contributed by atoms with Gasteiger partial charge in [0.15, 0.2) is 5.75 Å². The van der Waals surface area contributed by atoms with E-state index in [0.29, 0.717) is 11.3 Å². The van der Waals surface area contributed by atoms with Crippen molar-refractivity contribution in [3.05, 3.63) is 42.5 Å². The van der Waals surface area contributed by atoms with E-state index in [0.717, 1.165) is 35.3 Å². The first-order chi connectivity index (χ1) is 11.0. The molecule has 0 unspecified atom stereocenters. The highest BCUT2D eigenvalue weighted by molar-refractivity contribution is 6.01. The number of carbonyl (C=O) groups excluding carboxylic acids is 1. The van der Waals surface area contributed by atoms with Crippen LogP contribution >= 0.6 is 0 Å². The molecular formula is C19H23NO3. The number of hydrogen-bond donors (Lipinski definition) is 0. The van der Waals surface area contributed by atoms with Crippen molar-refractivity contribution in [3.8, 4) is 11.5 Å². The third kappa shape index (κ3) is 3.31. The average molecular weight is 313 g/mol. The maximum absolute atomic E-state index is 12.1. The Kier molecular flexibility index (Phi) is 5.27. The second-order valence-corrected chi connectivity index (χ2v) is 5.31. The van der Waals surface area contributed by atoms with Crippen LogP contribution in [0.25, 0.3) is 10.8 Å². The topological polar surface area (TPSA) is 38.8 Å². The minimum absolute atomic E-state index is 0.371. The van der Waals surface area contributed by atoms with Gasteiger partial charge in [-0.25, -0.2) is 4.79 Å². The van der Waals surface area contributed by atoms with E-state index in [4.69, 9.17) is 9.47 Å². The molecule has 0 saturated heterocycles. The number of benzene rings is 2. The normalized spacial score (nSPS) is 10.4. The molecule has 0 aliphatic heterocycles. The number of nitrogens with zero attached hydrogens (tertiary/aromatic N) is 1. The van der Waals surface area contributed by atoms with E-state index in [2.05, 4.69) is 25.3 Å². The Labute approximate surface area is 137 Å². The number of hydrogen-bond acceptors (Lipinski definition) is 4. The van der Waals surface area contributed by atoms with Gasteiger partial charge in [-0.2, -0.15) is 0 Å². The molecule has 0 spiro atoms. The van der Waals surface area contributed by atoms with Crippen LogP contribution in [0.3, 0.4) is 0 Å². The Morgan fingerprint density at radius 1 is 1.17 bits per heavy atom. The standard InChI is InChI=1S/C19H23NO3/c1-6-20(7-2)16-12-17(22-5)14-10-8-9-11-15(14)18(16)23-19(21)13(3)4/h8-12H,3,6-7H2,1-2,4-5H3. The number of rotatable bonds is 6. The van der Waals surface area contributed by atoms with Gasteiger partial charge in [0, 0.05) is 35.5 Å². The minimum atomic E-state index is -0.422. The first kappa shape index (κ1) is 16.9. The summed E-state index contributed by atoms with van der Waals surface area (Å²) in [6.07, 6.45) is 0. The quantitative estimate of drug-likeness (QED) is 0.456. The minimum Gasteiger partial charge on any atom is -0.496 e. The molecule has 0 radical (unpaired) electrons. The van der Waals surface area contributed by atoms with Crippen molar-refractivity contribution in [1.82, 2.24) is 0 Å². The largest absolute Gasteiger partial charge is 0.496 e. The van der Waals surface area contributed by atoms with Crippen LogP contribution in [0.15, 0.2) is 42.5 Å². The molecule has 122 valence electrons. The highest BCUT2D eigenvalue weighted by atomic mass is 16.5. The third-order valence-electron chi connectivity index (χ3n) is 3.80. The van der Waals surface area contributed by atoms with Crippen LogP contribution in [-0.2, 0) is 4.79 Å². The Bertz CT molecular complexity index is 733. The van der Waals surface area contributed by atoms with Crippen LogP contribution in [0.5, 0.6) is 11.5 Å². The molecule has 2 rings (SSSR count). The number of carbonyl (C=O) groups is 1. The fraction of sp³-hybridized carbons (Fsp3) is 0.316.